The van der Waals surface area contributed by atoms with Gasteiger partial charge in [0, 0.05) is 17.2 Å². The number of benzene rings is 2. The topological polar surface area (TPSA) is 80.8 Å². The molecule has 1 saturated carbocycles. The van der Waals surface area contributed by atoms with Gasteiger partial charge < -0.3 is 4.74 Å². The number of fused-ring (bicyclic) bond motifs is 3. The van der Waals surface area contributed by atoms with Gasteiger partial charge in [0.2, 0.25) is 29.0 Å². The molecular weight excluding hydrogens is 406 g/mol. The van der Waals surface area contributed by atoms with Crippen LogP contribution in [-0.2, 0) is 14.3 Å². The molecule has 6 nitrogen and oxygen atoms in total. The number of Topliss-reactive ketones (excluding diaryl/α,β-unsaturated/α-hetero) is 2. The SMILES string of the molecule is Cc1ccc(C2OC3(C(=O)c4ccccc4C3=O)C3C(=O)N(C4CCCC4)C(=O)C23)cc1. The highest BCUT2D eigenvalue weighted by molar-refractivity contribution is 6.35. The number of ketones is 2. The lowest BCUT2D eigenvalue weighted by Crippen LogP contribution is -2.51. The van der Waals surface area contributed by atoms with Crippen molar-refractivity contribution < 1.29 is 23.9 Å². The zero-order chi connectivity index (χ0) is 22.2. The first kappa shape index (κ1) is 19.6. The van der Waals surface area contributed by atoms with E-state index in [2.05, 4.69) is 0 Å². The van der Waals surface area contributed by atoms with Gasteiger partial charge in [-0.2, -0.15) is 0 Å². The van der Waals surface area contributed by atoms with E-state index < -0.39 is 41.0 Å². The molecule has 2 amide bonds. The normalized spacial score (nSPS) is 28.8. The van der Waals surface area contributed by atoms with E-state index >= 15 is 0 Å². The number of aryl methyl sites for hydroxylation is 1. The lowest BCUT2D eigenvalue weighted by molar-refractivity contribution is -0.147. The van der Waals surface area contributed by atoms with Gasteiger partial charge in [-0.15, -0.1) is 0 Å². The predicted octanol–water partition coefficient (Wildman–Crippen LogP) is 3.43. The van der Waals surface area contributed by atoms with Crippen LogP contribution < -0.4 is 0 Å². The molecule has 2 heterocycles. The van der Waals surface area contributed by atoms with Gasteiger partial charge >= 0.3 is 0 Å². The summed E-state index contributed by atoms with van der Waals surface area (Å²) in [5.74, 6) is -3.77. The molecule has 2 saturated heterocycles. The Labute approximate surface area is 185 Å². The Kier molecular flexibility index (Phi) is 4.09. The summed E-state index contributed by atoms with van der Waals surface area (Å²) in [6, 6.07) is 13.9. The molecule has 6 rings (SSSR count). The van der Waals surface area contributed by atoms with E-state index in [0.717, 1.165) is 31.2 Å². The van der Waals surface area contributed by atoms with E-state index in [9.17, 15) is 19.2 Å². The van der Waals surface area contributed by atoms with Crippen LogP contribution in [-0.4, -0.2) is 39.9 Å². The monoisotopic (exact) mass is 429 g/mol. The molecular formula is C26H23NO5. The van der Waals surface area contributed by atoms with E-state index in [0.29, 0.717) is 5.56 Å². The molecule has 4 aliphatic rings. The van der Waals surface area contributed by atoms with Crippen LogP contribution in [0.1, 0.15) is 63.6 Å². The first-order valence-electron chi connectivity index (χ1n) is 11.2. The summed E-state index contributed by atoms with van der Waals surface area (Å²) >= 11 is 0. The van der Waals surface area contributed by atoms with Crippen molar-refractivity contribution in [1.29, 1.82) is 0 Å². The molecule has 2 aromatic carbocycles. The van der Waals surface area contributed by atoms with Crippen LogP contribution in [0.4, 0.5) is 0 Å². The Morgan fingerprint density at radius 3 is 2.03 bits per heavy atom. The molecule has 6 heteroatoms. The minimum absolute atomic E-state index is 0.162. The third-order valence-electron chi connectivity index (χ3n) is 7.65. The minimum atomic E-state index is -1.97. The van der Waals surface area contributed by atoms with E-state index in [-0.39, 0.29) is 23.1 Å². The average Bonchev–Trinajstić information content (AvgIpc) is 3.54. The van der Waals surface area contributed by atoms with Crippen LogP contribution >= 0.6 is 0 Å². The van der Waals surface area contributed by atoms with Crippen LogP contribution in [0, 0.1) is 18.8 Å². The van der Waals surface area contributed by atoms with E-state index in [1.165, 1.54) is 4.90 Å². The number of nitrogens with zero attached hydrogens (tertiary/aromatic N) is 1. The maximum atomic E-state index is 13.7. The molecule has 3 atom stereocenters. The molecule has 162 valence electrons. The second kappa shape index (κ2) is 6.69. The summed E-state index contributed by atoms with van der Waals surface area (Å²) in [6.45, 7) is 1.95. The molecule has 0 radical (unpaired) electrons. The van der Waals surface area contributed by atoms with Gasteiger partial charge in [-0.3, -0.25) is 24.1 Å². The smallest absolute Gasteiger partial charge is 0.237 e. The highest BCUT2D eigenvalue weighted by atomic mass is 16.5. The van der Waals surface area contributed by atoms with Crippen molar-refractivity contribution in [3.05, 3.63) is 70.8 Å². The van der Waals surface area contributed by atoms with Crippen molar-refractivity contribution >= 4 is 23.4 Å². The fourth-order valence-electron chi connectivity index (χ4n) is 6.12. The molecule has 3 unspecified atom stereocenters. The largest absolute Gasteiger partial charge is 0.349 e. The number of rotatable bonds is 2. The van der Waals surface area contributed by atoms with Gasteiger partial charge in [0.15, 0.2) is 0 Å². The third-order valence-corrected chi connectivity index (χ3v) is 7.65. The van der Waals surface area contributed by atoms with E-state index in [1.54, 1.807) is 24.3 Å². The van der Waals surface area contributed by atoms with Crippen LogP contribution in [0.3, 0.4) is 0 Å². The third kappa shape index (κ3) is 2.33. The zero-order valence-corrected chi connectivity index (χ0v) is 17.7. The van der Waals surface area contributed by atoms with E-state index in [4.69, 9.17) is 4.74 Å². The second-order valence-electron chi connectivity index (χ2n) is 9.38. The molecule has 2 aromatic rings. The number of hydrogen-bond acceptors (Lipinski definition) is 5. The maximum absolute atomic E-state index is 13.7. The number of ether oxygens (including phenoxy) is 1. The second-order valence-corrected chi connectivity index (χ2v) is 9.38. The number of amides is 2. The maximum Gasteiger partial charge on any atom is 0.237 e. The molecule has 0 N–H and O–H groups in total. The first-order chi connectivity index (χ1) is 15.4. The lowest BCUT2D eigenvalue weighted by Gasteiger charge is -2.29. The van der Waals surface area contributed by atoms with Crippen molar-refractivity contribution in [2.24, 2.45) is 11.8 Å². The number of carbonyl (C=O) groups excluding carboxylic acids is 4. The van der Waals surface area contributed by atoms with Crippen LogP contribution in [0.15, 0.2) is 48.5 Å². The number of hydrogen-bond donors (Lipinski definition) is 0. The predicted molar refractivity (Wildman–Crippen MR) is 114 cm³/mol. The Morgan fingerprint density at radius 1 is 0.844 bits per heavy atom. The van der Waals surface area contributed by atoms with Gasteiger partial charge in [0.1, 0.15) is 0 Å². The van der Waals surface area contributed by atoms with Gasteiger partial charge in [-0.05, 0) is 25.3 Å². The van der Waals surface area contributed by atoms with Crippen molar-refractivity contribution in [2.75, 3.05) is 0 Å². The Bertz CT molecular complexity index is 1140. The fourth-order valence-corrected chi connectivity index (χ4v) is 6.12. The zero-order valence-electron chi connectivity index (χ0n) is 17.7. The number of carbonyl (C=O) groups is 4. The highest BCUT2D eigenvalue weighted by Crippen LogP contribution is 2.57. The van der Waals surface area contributed by atoms with Gasteiger partial charge in [-0.25, -0.2) is 0 Å². The first-order valence-corrected chi connectivity index (χ1v) is 11.2. The van der Waals surface area contributed by atoms with Crippen LogP contribution in [0.25, 0.3) is 0 Å². The average molecular weight is 429 g/mol. The summed E-state index contributed by atoms with van der Waals surface area (Å²) < 4.78 is 6.29. The Morgan fingerprint density at radius 2 is 1.44 bits per heavy atom. The van der Waals surface area contributed by atoms with Crippen molar-refractivity contribution in [3.8, 4) is 0 Å². The minimum Gasteiger partial charge on any atom is -0.349 e. The molecule has 1 spiro atoms. The van der Waals surface area contributed by atoms with Crippen molar-refractivity contribution in [2.45, 2.75) is 50.4 Å². The summed E-state index contributed by atoms with van der Waals surface area (Å²) in [7, 11) is 0. The van der Waals surface area contributed by atoms with Gasteiger partial charge in [0.25, 0.3) is 0 Å². The number of imide groups is 1. The fraction of sp³-hybridized carbons (Fsp3) is 0.385. The highest BCUT2D eigenvalue weighted by Gasteiger charge is 2.75. The van der Waals surface area contributed by atoms with Crippen molar-refractivity contribution in [1.82, 2.24) is 4.90 Å². The lowest BCUT2D eigenvalue weighted by atomic mass is 9.77. The molecule has 32 heavy (non-hydrogen) atoms. The Balaban J connectivity index is 1.52. The number of likely N-dealkylation sites (tertiary alicyclic amines) is 1. The van der Waals surface area contributed by atoms with Gasteiger partial charge in [-0.1, -0.05) is 66.9 Å². The summed E-state index contributed by atoms with van der Waals surface area (Å²) in [5.41, 5.74) is 0.304. The Hall–Kier alpha value is -3.12. The summed E-state index contributed by atoms with van der Waals surface area (Å²) in [5, 5.41) is 0. The quantitative estimate of drug-likeness (QED) is 0.540. The molecule has 2 aliphatic carbocycles. The molecule has 0 bridgehead atoms. The van der Waals surface area contributed by atoms with E-state index in [1.807, 2.05) is 31.2 Å². The van der Waals surface area contributed by atoms with Crippen LogP contribution in [0.2, 0.25) is 0 Å². The summed E-state index contributed by atoms with van der Waals surface area (Å²) in [4.78, 5) is 56.1. The standard InChI is InChI=1S/C26H23NO5/c1-14-10-12-15(13-11-14)21-19-20(25(31)27(24(19)30)16-6-2-3-7-16)26(32-21)22(28)17-8-4-5-9-18(17)23(26)29/h4-5,8-13,16,19-21H,2-3,6-7H2,1H3. The summed E-state index contributed by atoms with van der Waals surface area (Å²) in [6.07, 6.45) is 2.63. The molecule has 0 aromatic heterocycles. The molecule has 2 aliphatic heterocycles. The van der Waals surface area contributed by atoms with Crippen LogP contribution in [0.5, 0.6) is 0 Å². The van der Waals surface area contributed by atoms with Crippen molar-refractivity contribution in [3.63, 3.8) is 0 Å². The molecule has 3 fully saturated rings. The van der Waals surface area contributed by atoms with Gasteiger partial charge in [0.05, 0.1) is 17.9 Å².